The van der Waals surface area contributed by atoms with E-state index in [1.807, 2.05) is 0 Å². The van der Waals surface area contributed by atoms with Crippen molar-refractivity contribution in [3.05, 3.63) is 0 Å². The maximum absolute atomic E-state index is 13.9. The molecule has 0 saturated heterocycles. The molecule has 4 unspecified atom stereocenters. The van der Waals surface area contributed by atoms with E-state index in [9.17, 15) is 40.2 Å². The summed E-state index contributed by atoms with van der Waals surface area (Å²) < 4.78 is 0. The van der Waals surface area contributed by atoms with Crippen molar-refractivity contribution in [1.82, 2.24) is 0 Å². The minimum absolute atomic E-state index is 0.311. The van der Waals surface area contributed by atoms with Crippen LogP contribution in [0.5, 0.6) is 0 Å². The first-order valence-corrected chi connectivity index (χ1v) is 23.2. The SMILES string of the molecule is CCCCCCCCCCCCCCCCCCC(CCCCCCCCCCCCCCCCCC)(CC(=O)C(O)C(O)CO)C(=O)C(O)C(O)CO. The van der Waals surface area contributed by atoms with E-state index in [1.165, 1.54) is 154 Å². The Balaban J connectivity index is 4.91. The monoisotopic (exact) mass is 771 g/mol. The van der Waals surface area contributed by atoms with E-state index in [2.05, 4.69) is 13.8 Å². The van der Waals surface area contributed by atoms with Gasteiger partial charge in [0.05, 0.1) is 13.2 Å². The Labute approximate surface area is 332 Å². The average molecular weight is 771 g/mol. The van der Waals surface area contributed by atoms with Gasteiger partial charge in [-0.1, -0.05) is 219 Å². The van der Waals surface area contributed by atoms with Gasteiger partial charge in [-0.05, 0) is 12.8 Å². The van der Waals surface area contributed by atoms with Crippen LogP contribution < -0.4 is 0 Å². The number of hydrogen-bond donors (Lipinski definition) is 6. The Morgan fingerprint density at radius 2 is 0.630 bits per heavy atom. The van der Waals surface area contributed by atoms with Crippen molar-refractivity contribution in [2.75, 3.05) is 13.2 Å². The number of hydrogen-bond acceptors (Lipinski definition) is 8. The lowest BCUT2D eigenvalue weighted by molar-refractivity contribution is -0.152. The molecule has 322 valence electrons. The number of rotatable bonds is 43. The lowest BCUT2D eigenvalue weighted by atomic mass is 9.68. The number of ketones is 2. The number of aliphatic hydroxyl groups is 6. The molecule has 8 nitrogen and oxygen atoms in total. The molecule has 54 heavy (non-hydrogen) atoms. The van der Waals surface area contributed by atoms with Crippen LogP contribution >= 0.6 is 0 Å². The van der Waals surface area contributed by atoms with Crippen molar-refractivity contribution in [2.24, 2.45) is 5.41 Å². The van der Waals surface area contributed by atoms with Crippen molar-refractivity contribution >= 4 is 11.6 Å². The van der Waals surface area contributed by atoms with Crippen molar-refractivity contribution in [2.45, 2.75) is 263 Å². The molecule has 0 aliphatic rings. The summed E-state index contributed by atoms with van der Waals surface area (Å²) in [4.78, 5) is 27.1. The molecule has 0 rings (SSSR count). The molecular weight excluding hydrogens is 680 g/mol. The topological polar surface area (TPSA) is 156 Å². The molecule has 0 aromatic heterocycles. The number of Topliss-reactive ketones (excluding diaryl/α,β-unsaturated/α-hetero) is 2. The largest absolute Gasteiger partial charge is 0.394 e. The molecule has 0 heterocycles. The molecule has 0 aliphatic heterocycles. The van der Waals surface area contributed by atoms with Crippen LogP contribution in [0.25, 0.3) is 0 Å². The fourth-order valence-electron chi connectivity index (χ4n) is 8.00. The van der Waals surface area contributed by atoms with Crippen molar-refractivity contribution in [3.63, 3.8) is 0 Å². The summed E-state index contributed by atoms with van der Waals surface area (Å²) in [5.41, 5.74) is -1.34. The Morgan fingerprint density at radius 1 is 0.389 bits per heavy atom. The van der Waals surface area contributed by atoms with Crippen molar-refractivity contribution in [1.29, 1.82) is 0 Å². The van der Waals surface area contributed by atoms with Gasteiger partial charge in [0, 0.05) is 11.8 Å². The lowest BCUT2D eigenvalue weighted by Crippen LogP contribution is -2.49. The number of unbranched alkanes of at least 4 members (excludes halogenated alkanes) is 30. The minimum atomic E-state index is -1.86. The third kappa shape index (κ3) is 27.7. The molecule has 0 aromatic carbocycles. The van der Waals surface area contributed by atoms with E-state index in [0.29, 0.717) is 25.7 Å². The van der Waals surface area contributed by atoms with Gasteiger partial charge in [-0.3, -0.25) is 9.59 Å². The van der Waals surface area contributed by atoms with Crippen LogP contribution in [0, 0.1) is 5.41 Å². The van der Waals surface area contributed by atoms with Gasteiger partial charge in [0.15, 0.2) is 11.6 Å². The molecule has 0 bridgehead atoms. The highest BCUT2D eigenvalue weighted by atomic mass is 16.4. The Bertz CT molecular complexity index is 800. The fraction of sp³-hybridized carbons (Fsp3) is 0.957. The molecule has 8 heteroatoms. The van der Waals surface area contributed by atoms with E-state index in [-0.39, 0.29) is 0 Å². The van der Waals surface area contributed by atoms with Crippen LogP contribution in [-0.2, 0) is 9.59 Å². The first kappa shape index (κ1) is 53.1. The van der Waals surface area contributed by atoms with Gasteiger partial charge in [0.25, 0.3) is 0 Å². The normalized spacial score (nSPS) is 14.3. The van der Waals surface area contributed by atoms with Crippen molar-refractivity contribution < 1.29 is 40.2 Å². The highest BCUT2D eigenvalue weighted by Crippen LogP contribution is 2.39. The number of carbonyl (C=O) groups excluding carboxylic acids is 2. The Morgan fingerprint density at radius 3 is 0.889 bits per heavy atom. The summed E-state index contributed by atoms with van der Waals surface area (Å²) >= 11 is 0. The van der Waals surface area contributed by atoms with Crippen LogP contribution in [0.4, 0.5) is 0 Å². The molecule has 0 aliphatic carbocycles. The van der Waals surface area contributed by atoms with E-state index < -0.39 is 61.0 Å². The molecule has 0 aromatic rings. The summed E-state index contributed by atoms with van der Waals surface area (Å²) in [5, 5.41) is 60.3. The van der Waals surface area contributed by atoms with E-state index >= 15 is 0 Å². The second-order valence-electron chi connectivity index (χ2n) is 16.8. The van der Waals surface area contributed by atoms with Gasteiger partial charge in [0.2, 0.25) is 0 Å². The maximum Gasteiger partial charge on any atom is 0.170 e. The van der Waals surface area contributed by atoms with Gasteiger partial charge in [0.1, 0.15) is 24.4 Å². The average Bonchev–Trinajstić information content (AvgIpc) is 3.18. The summed E-state index contributed by atoms with van der Waals surface area (Å²) in [6, 6.07) is 0. The number of aliphatic hydroxyl groups excluding tert-OH is 6. The second-order valence-corrected chi connectivity index (χ2v) is 16.8. The zero-order valence-corrected chi connectivity index (χ0v) is 35.5. The smallest absolute Gasteiger partial charge is 0.170 e. The Kier molecular flexibility index (Phi) is 37.0. The molecule has 0 radical (unpaired) electrons. The van der Waals surface area contributed by atoms with Crippen molar-refractivity contribution in [3.8, 4) is 0 Å². The minimum Gasteiger partial charge on any atom is -0.394 e. The van der Waals surface area contributed by atoms with Crippen LogP contribution in [0.15, 0.2) is 0 Å². The molecule has 6 N–H and O–H groups in total. The summed E-state index contributed by atoms with van der Waals surface area (Å²) in [6.45, 7) is 2.92. The molecule has 0 amide bonds. The van der Waals surface area contributed by atoms with Gasteiger partial charge in [-0.15, -0.1) is 0 Å². The van der Waals surface area contributed by atoms with Crippen LogP contribution in [-0.4, -0.2) is 79.8 Å². The van der Waals surface area contributed by atoms with Gasteiger partial charge >= 0.3 is 0 Å². The molecule has 4 atom stereocenters. The maximum atomic E-state index is 13.9. The predicted octanol–water partition coefficient (Wildman–Crippen LogP) is 10.2. The Hall–Kier alpha value is -0.900. The summed E-state index contributed by atoms with van der Waals surface area (Å²) in [6.07, 6.45) is 31.9. The first-order chi connectivity index (χ1) is 26.2. The highest BCUT2D eigenvalue weighted by Gasteiger charge is 2.45. The van der Waals surface area contributed by atoms with E-state index in [1.54, 1.807) is 0 Å². The molecule has 0 spiro atoms. The molecule has 0 saturated carbocycles. The zero-order chi connectivity index (χ0) is 40.1. The zero-order valence-electron chi connectivity index (χ0n) is 35.5. The molecular formula is C46H90O8. The lowest BCUT2D eigenvalue weighted by Gasteiger charge is -2.36. The third-order valence-corrected chi connectivity index (χ3v) is 11.8. The van der Waals surface area contributed by atoms with E-state index in [0.717, 1.165) is 38.5 Å². The highest BCUT2D eigenvalue weighted by molar-refractivity contribution is 5.95. The predicted molar refractivity (Wildman–Crippen MR) is 224 cm³/mol. The van der Waals surface area contributed by atoms with E-state index in [4.69, 9.17) is 0 Å². The quantitative estimate of drug-likeness (QED) is 0.0335. The summed E-state index contributed by atoms with van der Waals surface area (Å²) in [5.74, 6) is -1.45. The standard InChI is InChI=1S/C46H90O8/c1-3-5-7-9-11-13-15-17-19-21-23-25-27-29-31-33-35-46(45(54)44(53)42(51)39-48,37-40(49)43(52)41(50)38-47)36-34-32-30-28-26-24-22-20-18-16-14-12-10-8-6-4-2/h41-44,47-48,50-53H,3-39H2,1-2H3. The van der Waals surface area contributed by atoms with Gasteiger partial charge < -0.3 is 30.6 Å². The van der Waals surface area contributed by atoms with Gasteiger partial charge in [-0.2, -0.15) is 0 Å². The fourth-order valence-corrected chi connectivity index (χ4v) is 8.00. The van der Waals surface area contributed by atoms with Crippen LogP contribution in [0.1, 0.15) is 239 Å². The first-order valence-electron chi connectivity index (χ1n) is 23.2. The van der Waals surface area contributed by atoms with Crippen LogP contribution in [0.3, 0.4) is 0 Å². The second kappa shape index (κ2) is 37.7. The van der Waals surface area contributed by atoms with Gasteiger partial charge in [-0.25, -0.2) is 0 Å². The third-order valence-electron chi connectivity index (χ3n) is 11.8. The molecule has 0 fully saturated rings. The summed E-state index contributed by atoms with van der Waals surface area (Å²) in [7, 11) is 0. The van der Waals surface area contributed by atoms with Crippen LogP contribution in [0.2, 0.25) is 0 Å². The number of carbonyl (C=O) groups is 2.